The molecule has 2 unspecified atom stereocenters. The Bertz CT molecular complexity index is 316. The highest BCUT2D eigenvalue weighted by Gasteiger charge is 2.27. The van der Waals surface area contributed by atoms with Crippen LogP contribution >= 0.6 is 0 Å². The van der Waals surface area contributed by atoms with Gasteiger partial charge in [-0.15, -0.1) is 0 Å². The summed E-state index contributed by atoms with van der Waals surface area (Å²) in [6.45, 7) is 12.4. The molecule has 0 aliphatic heterocycles. The van der Waals surface area contributed by atoms with Gasteiger partial charge in [-0.05, 0) is 33.7 Å². The monoisotopic (exact) mass is 272 g/mol. The highest BCUT2D eigenvalue weighted by atomic mass is 16.4. The molecule has 0 saturated heterocycles. The van der Waals surface area contributed by atoms with E-state index in [0.717, 1.165) is 6.42 Å². The minimum atomic E-state index is -0.833. The fourth-order valence-electron chi connectivity index (χ4n) is 1.68. The zero-order valence-corrected chi connectivity index (χ0v) is 13.0. The third-order valence-corrected chi connectivity index (χ3v) is 3.61. The number of hydrogen-bond acceptors (Lipinski definition) is 3. The standard InChI is InChI=1S/C14H28N2O3/c1-7-14(5,6)15-12(17)11(4)16(8-2)9-10(3)13(18)19/h10-11H,7-9H2,1-6H3,(H,15,17)(H,18,19). The zero-order chi connectivity index (χ0) is 15.2. The van der Waals surface area contributed by atoms with Crippen LogP contribution in [0.5, 0.6) is 0 Å². The van der Waals surface area contributed by atoms with Crippen LogP contribution in [0.3, 0.4) is 0 Å². The van der Waals surface area contributed by atoms with Gasteiger partial charge in [0.25, 0.3) is 0 Å². The van der Waals surface area contributed by atoms with E-state index in [1.807, 2.05) is 39.5 Å². The molecule has 2 atom stereocenters. The Kier molecular flexibility index (Phi) is 7.05. The number of likely N-dealkylation sites (N-methyl/N-ethyl adjacent to an activating group) is 1. The predicted molar refractivity (Wildman–Crippen MR) is 76.0 cm³/mol. The Morgan fingerprint density at radius 2 is 1.79 bits per heavy atom. The number of hydrogen-bond donors (Lipinski definition) is 2. The molecule has 0 saturated carbocycles. The van der Waals surface area contributed by atoms with Crippen LogP contribution in [-0.4, -0.2) is 46.6 Å². The van der Waals surface area contributed by atoms with Crippen molar-refractivity contribution in [2.75, 3.05) is 13.1 Å². The second-order valence-corrected chi connectivity index (χ2v) is 5.73. The fourth-order valence-corrected chi connectivity index (χ4v) is 1.68. The second kappa shape index (κ2) is 7.48. The van der Waals surface area contributed by atoms with Gasteiger partial charge in [-0.25, -0.2) is 0 Å². The molecule has 0 bridgehead atoms. The molecule has 5 nitrogen and oxygen atoms in total. The van der Waals surface area contributed by atoms with Crippen molar-refractivity contribution in [3.8, 4) is 0 Å². The quantitative estimate of drug-likeness (QED) is 0.706. The third kappa shape index (κ3) is 6.05. The number of carboxylic acid groups (broad SMARTS) is 1. The Morgan fingerprint density at radius 1 is 1.26 bits per heavy atom. The van der Waals surface area contributed by atoms with Gasteiger partial charge in [0.1, 0.15) is 0 Å². The van der Waals surface area contributed by atoms with E-state index in [1.54, 1.807) is 6.92 Å². The lowest BCUT2D eigenvalue weighted by molar-refractivity contribution is -0.142. The normalized spacial score (nSPS) is 15.1. The Labute approximate surface area is 116 Å². The molecule has 0 aliphatic rings. The van der Waals surface area contributed by atoms with E-state index in [1.165, 1.54) is 0 Å². The van der Waals surface area contributed by atoms with Crippen LogP contribution in [0.2, 0.25) is 0 Å². The van der Waals surface area contributed by atoms with E-state index < -0.39 is 11.9 Å². The van der Waals surface area contributed by atoms with E-state index in [-0.39, 0.29) is 17.5 Å². The highest BCUT2D eigenvalue weighted by molar-refractivity contribution is 5.82. The number of rotatable bonds is 8. The summed E-state index contributed by atoms with van der Waals surface area (Å²) in [5.74, 6) is -1.36. The summed E-state index contributed by atoms with van der Waals surface area (Å²) in [5.41, 5.74) is -0.233. The topological polar surface area (TPSA) is 69.6 Å². The van der Waals surface area contributed by atoms with E-state index in [2.05, 4.69) is 5.32 Å². The number of nitrogens with zero attached hydrogens (tertiary/aromatic N) is 1. The maximum Gasteiger partial charge on any atom is 0.307 e. The molecule has 5 heteroatoms. The van der Waals surface area contributed by atoms with Gasteiger partial charge in [0.05, 0.1) is 12.0 Å². The van der Waals surface area contributed by atoms with Crippen molar-refractivity contribution in [2.45, 2.75) is 59.5 Å². The largest absolute Gasteiger partial charge is 0.481 e. The van der Waals surface area contributed by atoms with Gasteiger partial charge in [0.15, 0.2) is 0 Å². The molecule has 2 N–H and O–H groups in total. The lowest BCUT2D eigenvalue weighted by atomic mass is 10.0. The first-order valence-electron chi connectivity index (χ1n) is 6.93. The summed E-state index contributed by atoms with van der Waals surface area (Å²) in [4.78, 5) is 24.9. The summed E-state index contributed by atoms with van der Waals surface area (Å²) >= 11 is 0. The van der Waals surface area contributed by atoms with Crippen molar-refractivity contribution in [1.82, 2.24) is 10.2 Å². The maximum atomic E-state index is 12.2. The van der Waals surface area contributed by atoms with Gasteiger partial charge >= 0.3 is 5.97 Å². The molecule has 0 aromatic rings. The molecule has 1 amide bonds. The van der Waals surface area contributed by atoms with Gasteiger partial charge in [-0.1, -0.05) is 20.8 Å². The lowest BCUT2D eigenvalue weighted by Crippen LogP contribution is -2.52. The van der Waals surface area contributed by atoms with Gasteiger partial charge in [-0.3, -0.25) is 14.5 Å². The minimum Gasteiger partial charge on any atom is -0.481 e. The van der Waals surface area contributed by atoms with E-state index in [9.17, 15) is 9.59 Å². The van der Waals surface area contributed by atoms with Crippen molar-refractivity contribution in [2.24, 2.45) is 5.92 Å². The number of nitrogens with one attached hydrogen (secondary N) is 1. The molecule has 19 heavy (non-hydrogen) atoms. The first-order chi connectivity index (χ1) is 8.64. The van der Waals surface area contributed by atoms with Gasteiger partial charge in [-0.2, -0.15) is 0 Å². The summed E-state index contributed by atoms with van der Waals surface area (Å²) < 4.78 is 0. The molecule has 0 aliphatic carbocycles. The van der Waals surface area contributed by atoms with Crippen LogP contribution in [0.4, 0.5) is 0 Å². The van der Waals surface area contributed by atoms with Crippen LogP contribution in [0.25, 0.3) is 0 Å². The molecule has 0 rings (SSSR count). The predicted octanol–water partition coefficient (Wildman–Crippen LogP) is 1.72. The Morgan fingerprint density at radius 3 is 2.16 bits per heavy atom. The van der Waals surface area contributed by atoms with Crippen LogP contribution < -0.4 is 5.32 Å². The van der Waals surface area contributed by atoms with Gasteiger partial charge in [0.2, 0.25) is 5.91 Å². The second-order valence-electron chi connectivity index (χ2n) is 5.73. The van der Waals surface area contributed by atoms with Crippen molar-refractivity contribution >= 4 is 11.9 Å². The van der Waals surface area contributed by atoms with Crippen molar-refractivity contribution in [3.63, 3.8) is 0 Å². The molecule has 0 fully saturated rings. The molecular formula is C14H28N2O3. The molecule has 112 valence electrons. The number of amides is 1. The number of carbonyl (C=O) groups is 2. The molecule has 0 radical (unpaired) electrons. The number of carbonyl (C=O) groups excluding carboxylic acids is 1. The molecule has 0 heterocycles. The van der Waals surface area contributed by atoms with E-state index in [0.29, 0.717) is 13.1 Å². The van der Waals surface area contributed by atoms with Gasteiger partial charge < -0.3 is 10.4 Å². The zero-order valence-electron chi connectivity index (χ0n) is 13.0. The minimum absolute atomic E-state index is 0.0497. The summed E-state index contributed by atoms with van der Waals surface area (Å²) in [6.07, 6.45) is 0.850. The molecular weight excluding hydrogens is 244 g/mol. The average Bonchev–Trinajstić information content (AvgIpc) is 2.33. The van der Waals surface area contributed by atoms with Crippen molar-refractivity contribution in [3.05, 3.63) is 0 Å². The van der Waals surface area contributed by atoms with Crippen LogP contribution in [0.1, 0.15) is 48.0 Å². The SMILES string of the molecule is CCN(CC(C)C(=O)O)C(C)C(=O)NC(C)(C)CC. The van der Waals surface area contributed by atoms with Gasteiger partial charge in [0, 0.05) is 12.1 Å². The van der Waals surface area contributed by atoms with E-state index in [4.69, 9.17) is 5.11 Å². The molecule has 0 aromatic heterocycles. The summed E-state index contributed by atoms with van der Waals surface area (Å²) in [6, 6.07) is -0.322. The third-order valence-electron chi connectivity index (χ3n) is 3.61. The number of aliphatic carboxylic acids is 1. The van der Waals surface area contributed by atoms with Crippen LogP contribution in [-0.2, 0) is 9.59 Å². The lowest BCUT2D eigenvalue weighted by Gasteiger charge is -2.32. The number of carboxylic acids is 1. The van der Waals surface area contributed by atoms with Crippen LogP contribution in [0.15, 0.2) is 0 Å². The maximum absolute atomic E-state index is 12.2. The Balaban J connectivity index is 4.62. The van der Waals surface area contributed by atoms with Crippen LogP contribution in [0, 0.1) is 5.92 Å². The highest BCUT2D eigenvalue weighted by Crippen LogP contribution is 2.10. The first kappa shape index (κ1) is 17.9. The first-order valence-corrected chi connectivity index (χ1v) is 6.93. The molecule has 0 aromatic carbocycles. The molecule has 0 spiro atoms. The Hall–Kier alpha value is -1.10. The fraction of sp³-hybridized carbons (Fsp3) is 0.857. The smallest absolute Gasteiger partial charge is 0.307 e. The van der Waals surface area contributed by atoms with Crippen molar-refractivity contribution < 1.29 is 14.7 Å². The average molecular weight is 272 g/mol. The summed E-state index contributed by atoms with van der Waals surface area (Å²) in [7, 11) is 0. The summed E-state index contributed by atoms with van der Waals surface area (Å²) in [5, 5.41) is 11.9. The van der Waals surface area contributed by atoms with Crippen molar-refractivity contribution in [1.29, 1.82) is 0 Å². The van der Waals surface area contributed by atoms with E-state index >= 15 is 0 Å².